The molecule has 0 aromatic carbocycles. The van der Waals surface area contributed by atoms with Crippen LogP contribution in [0.5, 0.6) is 0 Å². The van der Waals surface area contributed by atoms with Gasteiger partial charge in [0.25, 0.3) is 0 Å². The summed E-state index contributed by atoms with van der Waals surface area (Å²) in [6, 6.07) is 0. The third-order valence-corrected chi connectivity index (χ3v) is 2.41. The van der Waals surface area contributed by atoms with Crippen LogP contribution in [0.25, 0.3) is 0 Å². The summed E-state index contributed by atoms with van der Waals surface area (Å²) >= 11 is 3.47. The first-order valence-electron chi connectivity index (χ1n) is 3.43. The molecule has 56 valence electrons. The molecule has 2 heteroatoms. The highest BCUT2D eigenvalue weighted by Gasteiger charge is 2.13. The third-order valence-electron chi connectivity index (χ3n) is 1.86. The van der Waals surface area contributed by atoms with Gasteiger partial charge in [-0.3, -0.25) is 0 Å². The molecular formula is C8H12BrN. The minimum Gasteiger partial charge on any atom is -0.402 e. The van der Waals surface area contributed by atoms with E-state index in [1.807, 2.05) is 6.92 Å². The lowest BCUT2D eigenvalue weighted by Gasteiger charge is -2.18. The van der Waals surface area contributed by atoms with Crippen LogP contribution in [0.3, 0.4) is 0 Å². The maximum Gasteiger partial charge on any atom is 0.0143 e. The Morgan fingerprint density at radius 3 is 2.80 bits per heavy atom. The fraction of sp³-hybridized carbons (Fsp3) is 0.500. The minimum atomic E-state index is 0.499. The lowest BCUT2D eigenvalue weighted by molar-refractivity contribution is 0.664. The molecule has 1 aliphatic carbocycles. The largest absolute Gasteiger partial charge is 0.402 e. The van der Waals surface area contributed by atoms with Crippen LogP contribution in [0.15, 0.2) is 21.8 Å². The van der Waals surface area contributed by atoms with Gasteiger partial charge in [-0.25, -0.2) is 0 Å². The van der Waals surface area contributed by atoms with Crippen molar-refractivity contribution in [2.45, 2.75) is 20.3 Å². The van der Waals surface area contributed by atoms with Crippen LogP contribution in [0, 0.1) is 5.92 Å². The Morgan fingerprint density at radius 2 is 2.30 bits per heavy atom. The van der Waals surface area contributed by atoms with Gasteiger partial charge in [0, 0.05) is 11.6 Å². The summed E-state index contributed by atoms with van der Waals surface area (Å²) in [7, 11) is 0. The summed E-state index contributed by atoms with van der Waals surface area (Å²) in [5, 5.41) is 0. The highest BCUT2D eigenvalue weighted by atomic mass is 79.9. The van der Waals surface area contributed by atoms with Crippen molar-refractivity contribution in [3.63, 3.8) is 0 Å². The van der Waals surface area contributed by atoms with Crippen LogP contribution < -0.4 is 5.73 Å². The number of hydrogen-bond donors (Lipinski definition) is 1. The summed E-state index contributed by atoms with van der Waals surface area (Å²) in [5.74, 6) is 0.499. The van der Waals surface area contributed by atoms with E-state index >= 15 is 0 Å². The predicted molar refractivity (Wildman–Crippen MR) is 47.7 cm³/mol. The van der Waals surface area contributed by atoms with Crippen molar-refractivity contribution < 1.29 is 0 Å². The van der Waals surface area contributed by atoms with Crippen molar-refractivity contribution in [3.05, 3.63) is 21.8 Å². The second-order valence-electron chi connectivity index (χ2n) is 2.83. The number of halogens is 1. The molecule has 1 aliphatic rings. The van der Waals surface area contributed by atoms with E-state index in [4.69, 9.17) is 5.73 Å². The SMILES string of the molecule is CC1=C(N)C(C)CC(Br)=C1. The number of rotatable bonds is 0. The van der Waals surface area contributed by atoms with Gasteiger partial charge in [0.2, 0.25) is 0 Å². The van der Waals surface area contributed by atoms with Gasteiger partial charge in [0.15, 0.2) is 0 Å². The molecular weight excluding hydrogens is 190 g/mol. The Hall–Kier alpha value is -0.240. The van der Waals surface area contributed by atoms with Crippen molar-refractivity contribution in [1.29, 1.82) is 0 Å². The number of hydrogen-bond acceptors (Lipinski definition) is 1. The maximum absolute atomic E-state index is 5.80. The van der Waals surface area contributed by atoms with Crippen LogP contribution in [0.4, 0.5) is 0 Å². The molecule has 0 aromatic heterocycles. The summed E-state index contributed by atoms with van der Waals surface area (Å²) in [4.78, 5) is 0. The fourth-order valence-electron chi connectivity index (χ4n) is 1.17. The summed E-state index contributed by atoms with van der Waals surface area (Å²) in [6.45, 7) is 4.19. The fourth-order valence-corrected chi connectivity index (χ4v) is 2.00. The molecule has 0 amide bonds. The third kappa shape index (κ3) is 1.43. The standard InChI is InChI=1S/C8H12BrN/c1-5-3-7(9)4-6(2)8(5)10/h3,6H,4,10H2,1-2H3. The average Bonchev–Trinajstić information content (AvgIpc) is 1.82. The van der Waals surface area contributed by atoms with Crippen molar-refractivity contribution in [3.8, 4) is 0 Å². The Labute approximate surface area is 70.1 Å². The first-order valence-corrected chi connectivity index (χ1v) is 4.23. The van der Waals surface area contributed by atoms with E-state index in [9.17, 15) is 0 Å². The van der Waals surface area contributed by atoms with Gasteiger partial charge >= 0.3 is 0 Å². The molecule has 0 aliphatic heterocycles. The van der Waals surface area contributed by atoms with Gasteiger partial charge in [-0.2, -0.15) is 0 Å². The average molecular weight is 202 g/mol. The second kappa shape index (κ2) is 2.79. The van der Waals surface area contributed by atoms with Gasteiger partial charge in [-0.05, 0) is 29.5 Å². The lowest BCUT2D eigenvalue weighted by atomic mass is 9.95. The van der Waals surface area contributed by atoms with Crippen molar-refractivity contribution in [2.75, 3.05) is 0 Å². The molecule has 1 unspecified atom stereocenters. The van der Waals surface area contributed by atoms with Crippen molar-refractivity contribution in [1.82, 2.24) is 0 Å². The summed E-state index contributed by atoms with van der Waals surface area (Å²) < 4.78 is 1.26. The molecule has 0 spiro atoms. The molecule has 0 heterocycles. The van der Waals surface area contributed by atoms with E-state index in [1.165, 1.54) is 10.1 Å². The van der Waals surface area contributed by atoms with Gasteiger partial charge < -0.3 is 5.73 Å². The molecule has 1 atom stereocenters. The van der Waals surface area contributed by atoms with Crippen LogP contribution in [0.1, 0.15) is 20.3 Å². The molecule has 0 saturated heterocycles. The molecule has 0 aromatic rings. The quantitative estimate of drug-likeness (QED) is 0.641. The van der Waals surface area contributed by atoms with E-state index in [0.29, 0.717) is 5.92 Å². The van der Waals surface area contributed by atoms with E-state index < -0.39 is 0 Å². The Bertz CT molecular complexity index is 203. The van der Waals surface area contributed by atoms with Gasteiger partial charge in [0.05, 0.1) is 0 Å². The van der Waals surface area contributed by atoms with Gasteiger partial charge in [0.1, 0.15) is 0 Å². The van der Waals surface area contributed by atoms with E-state index in [-0.39, 0.29) is 0 Å². The van der Waals surface area contributed by atoms with E-state index in [2.05, 4.69) is 28.9 Å². The Balaban J connectivity index is 2.92. The molecule has 0 saturated carbocycles. The van der Waals surface area contributed by atoms with E-state index in [1.54, 1.807) is 0 Å². The van der Waals surface area contributed by atoms with Crippen LogP contribution in [-0.4, -0.2) is 0 Å². The molecule has 1 nitrogen and oxygen atoms in total. The highest BCUT2D eigenvalue weighted by molar-refractivity contribution is 9.11. The normalized spacial score (nSPS) is 26.7. The van der Waals surface area contributed by atoms with Gasteiger partial charge in [-0.1, -0.05) is 22.9 Å². The molecule has 2 N–H and O–H groups in total. The molecule has 10 heavy (non-hydrogen) atoms. The molecule has 0 fully saturated rings. The summed E-state index contributed by atoms with van der Waals surface area (Å²) in [6.07, 6.45) is 3.14. The monoisotopic (exact) mass is 201 g/mol. The van der Waals surface area contributed by atoms with Gasteiger partial charge in [-0.15, -0.1) is 0 Å². The summed E-state index contributed by atoms with van der Waals surface area (Å²) in [5.41, 5.74) is 8.03. The molecule has 0 radical (unpaired) electrons. The Kier molecular flexibility index (Phi) is 2.19. The molecule has 1 rings (SSSR count). The van der Waals surface area contributed by atoms with Crippen LogP contribution in [-0.2, 0) is 0 Å². The number of allylic oxidation sites excluding steroid dienone is 4. The topological polar surface area (TPSA) is 26.0 Å². The van der Waals surface area contributed by atoms with E-state index in [0.717, 1.165) is 12.1 Å². The predicted octanol–water partition coefficient (Wildman–Crippen LogP) is 2.54. The molecule has 0 bridgehead atoms. The Morgan fingerprint density at radius 1 is 1.70 bits per heavy atom. The first-order chi connectivity index (χ1) is 4.61. The number of nitrogens with two attached hydrogens (primary N) is 1. The zero-order valence-corrected chi connectivity index (χ0v) is 7.90. The zero-order valence-electron chi connectivity index (χ0n) is 6.32. The zero-order chi connectivity index (χ0) is 7.72. The first kappa shape index (κ1) is 7.86. The van der Waals surface area contributed by atoms with Crippen molar-refractivity contribution >= 4 is 15.9 Å². The second-order valence-corrected chi connectivity index (χ2v) is 3.85. The minimum absolute atomic E-state index is 0.499. The van der Waals surface area contributed by atoms with Crippen LogP contribution >= 0.6 is 15.9 Å². The smallest absolute Gasteiger partial charge is 0.0143 e. The van der Waals surface area contributed by atoms with Crippen molar-refractivity contribution in [2.24, 2.45) is 11.7 Å². The lowest BCUT2D eigenvalue weighted by Crippen LogP contribution is -2.13. The van der Waals surface area contributed by atoms with Crippen LogP contribution in [0.2, 0.25) is 0 Å². The maximum atomic E-state index is 5.80. The highest BCUT2D eigenvalue weighted by Crippen LogP contribution is 2.28.